The summed E-state index contributed by atoms with van der Waals surface area (Å²) in [6, 6.07) is 4.16. The molecule has 94 valence electrons. The molecule has 2 aromatic rings. The Morgan fingerprint density at radius 3 is 3.00 bits per heavy atom. The number of nitrogens with zero attached hydrogens (tertiary/aromatic N) is 1. The lowest BCUT2D eigenvalue weighted by atomic mass is 10.3. The molecule has 0 atom stereocenters. The Bertz CT molecular complexity index is 630. The Hall–Kier alpha value is -2.08. The molecule has 2 N–H and O–H groups in total. The highest BCUT2D eigenvalue weighted by molar-refractivity contribution is 6.32. The SMILES string of the molecule is COc1ccc(F)c(Nc2nc[nH]c(=O)c2Cl)c1. The van der Waals surface area contributed by atoms with Crippen LogP contribution < -0.4 is 15.6 Å². The van der Waals surface area contributed by atoms with E-state index in [1.807, 2.05) is 0 Å². The van der Waals surface area contributed by atoms with Gasteiger partial charge in [-0.1, -0.05) is 11.6 Å². The minimum absolute atomic E-state index is 0.0765. The van der Waals surface area contributed by atoms with E-state index in [4.69, 9.17) is 16.3 Å². The second-order valence-electron chi connectivity index (χ2n) is 3.37. The zero-order valence-corrected chi connectivity index (χ0v) is 10.1. The number of ether oxygens (including phenoxy) is 1. The van der Waals surface area contributed by atoms with Gasteiger partial charge in [0.2, 0.25) is 0 Å². The maximum atomic E-state index is 13.5. The molecule has 7 heteroatoms. The fourth-order valence-electron chi connectivity index (χ4n) is 1.32. The van der Waals surface area contributed by atoms with Gasteiger partial charge in [0.25, 0.3) is 5.56 Å². The number of halogens is 2. The Morgan fingerprint density at radius 2 is 2.28 bits per heavy atom. The Morgan fingerprint density at radius 1 is 1.50 bits per heavy atom. The fraction of sp³-hybridized carbons (Fsp3) is 0.0909. The van der Waals surface area contributed by atoms with Crippen LogP contribution in [0.25, 0.3) is 0 Å². The van der Waals surface area contributed by atoms with Gasteiger partial charge in [0.15, 0.2) is 5.82 Å². The van der Waals surface area contributed by atoms with E-state index >= 15 is 0 Å². The summed E-state index contributed by atoms with van der Waals surface area (Å²) in [5.41, 5.74) is -0.383. The third kappa shape index (κ3) is 2.43. The van der Waals surface area contributed by atoms with Crippen molar-refractivity contribution in [2.45, 2.75) is 0 Å². The van der Waals surface area contributed by atoms with E-state index in [1.54, 1.807) is 0 Å². The molecule has 0 aliphatic heterocycles. The molecule has 1 aromatic heterocycles. The van der Waals surface area contributed by atoms with Crippen molar-refractivity contribution < 1.29 is 9.13 Å². The van der Waals surface area contributed by atoms with Gasteiger partial charge in [0.05, 0.1) is 19.1 Å². The highest BCUT2D eigenvalue weighted by Gasteiger charge is 2.09. The number of rotatable bonds is 3. The van der Waals surface area contributed by atoms with Crippen LogP contribution in [0.4, 0.5) is 15.9 Å². The van der Waals surface area contributed by atoms with Gasteiger partial charge in [0.1, 0.15) is 16.6 Å². The molecule has 0 saturated carbocycles. The zero-order valence-electron chi connectivity index (χ0n) is 9.33. The quantitative estimate of drug-likeness (QED) is 0.897. The molecule has 0 spiro atoms. The fourth-order valence-corrected chi connectivity index (χ4v) is 1.48. The molecule has 0 radical (unpaired) electrons. The normalized spacial score (nSPS) is 10.2. The van der Waals surface area contributed by atoms with Crippen LogP contribution in [0.15, 0.2) is 29.3 Å². The third-order valence-corrected chi connectivity index (χ3v) is 2.57. The molecule has 2 rings (SSSR count). The second kappa shape index (κ2) is 5.05. The minimum atomic E-state index is -0.506. The van der Waals surface area contributed by atoms with Gasteiger partial charge in [0, 0.05) is 6.07 Å². The van der Waals surface area contributed by atoms with Gasteiger partial charge < -0.3 is 15.0 Å². The molecule has 0 amide bonds. The Kier molecular flexibility index (Phi) is 3.47. The van der Waals surface area contributed by atoms with Crippen LogP contribution >= 0.6 is 11.6 Å². The van der Waals surface area contributed by atoms with Crippen LogP contribution in [0.1, 0.15) is 0 Å². The number of aromatic nitrogens is 2. The third-order valence-electron chi connectivity index (χ3n) is 2.22. The summed E-state index contributed by atoms with van der Waals surface area (Å²) in [4.78, 5) is 17.4. The minimum Gasteiger partial charge on any atom is -0.497 e. The first-order valence-corrected chi connectivity index (χ1v) is 5.33. The summed E-state index contributed by atoms with van der Waals surface area (Å²) in [6.07, 6.45) is 1.18. The molecular weight excluding hydrogens is 261 g/mol. The molecule has 1 heterocycles. The summed E-state index contributed by atoms with van der Waals surface area (Å²) < 4.78 is 18.5. The lowest BCUT2D eigenvalue weighted by Gasteiger charge is -2.09. The van der Waals surface area contributed by atoms with Crippen LogP contribution in [0.3, 0.4) is 0 Å². The number of aromatic amines is 1. The standard InChI is InChI=1S/C11H9ClFN3O2/c1-18-6-2-3-7(13)8(4-6)16-10-9(12)11(17)15-5-14-10/h2-5H,1H3,(H2,14,15,16,17). The van der Waals surface area contributed by atoms with Crippen molar-refractivity contribution in [3.8, 4) is 5.75 Å². The lowest BCUT2D eigenvalue weighted by Crippen LogP contribution is -2.10. The van der Waals surface area contributed by atoms with Gasteiger partial charge in [-0.2, -0.15) is 0 Å². The highest BCUT2D eigenvalue weighted by Crippen LogP contribution is 2.25. The van der Waals surface area contributed by atoms with E-state index in [-0.39, 0.29) is 16.5 Å². The van der Waals surface area contributed by atoms with Crippen molar-refractivity contribution in [1.82, 2.24) is 9.97 Å². The van der Waals surface area contributed by atoms with Crippen LogP contribution in [0.5, 0.6) is 5.75 Å². The van der Waals surface area contributed by atoms with Gasteiger partial charge in [-0.15, -0.1) is 0 Å². The van der Waals surface area contributed by atoms with E-state index in [0.29, 0.717) is 5.75 Å². The van der Waals surface area contributed by atoms with E-state index in [2.05, 4.69) is 15.3 Å². The summed E-state index contributed by atoms with van der Waals surface area (Å²) >= 11 is 5.75. The number of methoxy groups -OCH3 is 1. The molecule has 0 aliphatic carbocycles. The first-order valence-electron chi connectivity index (χ1n) is 4.95. The Balaban J connectivity index is 2.39. The van der Waals surface area contributed by atoms with Crippen LogP contribution in [-0.2, 0) is 0 Å². The predicted molar refractivity (Wildman–Crippen MR) is 66.1 cm³/mol. The second-order valence-corrected chi connectivity index (χ2v) is 3.74. The molecule has 0 bridgehead atoms. The number of benzene rings is 1. The molecule has 5 nitrogen and oxygen atoms in total. The molecule has 18 heavy (non-hydrogen) atoms. The smallest absolute Gasteiger partial charge is 0.271 e. The van der Waals surface area contributed by atoms with Gasteiger partial charge in [-0.05, 0) is 12.1 Å². The summed E-state index contributed by atoms with van der Waals surface area (Å²) in [5.74, 6) is 0.0429. The van der Waals surface area contributed by atoms with Crippen LogP contribution in [0, 0.1) is 5.82 Å². The van der Waals surface area contributed by atoms with Gasteiger partial charge in [-0.25, -0.2) is 9.37 Å². The molecule has 1 aromatic carbocycles. The molecule has 0 aliphatic rings. The average molecular weight is 270 g/mol. The molecular formula is C11H9ClFN3O2. The number of anilines is 2. The van der Waals surface area contributed by atoms with Crippen LogP contribution in [-0.4, -0.2) is 17.1 Å². The van der Waals surface area contributed by atoms with E-state index in [9.17, 15) is 9.18 Å². The van der Waals surface area contributed by atoms with Crippen molar-refractivity contribution >= 4 is 23.1 Å². The van der Waals surface area contributed by atoms with E-state index in [1.165, 1.54) is 31.6 Å². The molecule has 0 fully saturated rings. The van der Waals surface area contributed by atoms with Crippen molar-refractivity contribution in [2.24, 2.45) is 0 Å². The first kappa shape index (κ1) is 12.4. The number of hydrogen-bond donors (Lipinski definition) is 2. The lowest BCUT2D eigenvalue weighted by molar-refractivity contribution is 0.414. The zero-order chi connectivity index (χ0) is 13.1. The predicted octanol–water partition coefficient (Wildman–Crippen LogP) is 2.31. The van der Waals surface area contributed by atoms with Crippen molar-refractivity contribution in [1.29, 1.82) is 0 Å². The van der Waals surface area contributed by atoms with Gasteiger partial charge in [-0.3, -0.25) is 4.79 Å². The highest BCUT2D eigenvalue weighted by atomic mass is 35.5. The van der Waals surface area contributed by atoms with Crippen molar-refractivity contribution in [3.05, 3.63) is 45.7 Å². The molecule has 0 unspecified atom stereocenters. The largest absolute Gasteiger partial charge is 0.497 e. The Labute approximate surface area is 107 Å². The number of H-pyrrole nitrogens is 1. The number of nitrogens with one attached hydrogen (secondary N) is 2. The summed E-state index contributed by atoms with van der Waals surface area (Å²) in [7, 11) is 1.47. The monoisotopic (exact) mass is 269 g/mol. The molecule has 0 saturated heterocycles. The van der Waals surface area contributed by atoms with Crippen molar-refractivity contribution in [3.63, 3.8) is 0 Å². The van der Waals surface area contributed by atoms with E-state index < -0.39 is 11.4 Å². The summed E-state index contributed by atoms with van der Waals surface area (Å²) in [5, 5.41) is 2.50. The maximum absolute atomic E-state index is 13.5. The topological polar surface area (TPSA) is 67.0 Å². The number of hydrogen-bond acceptors (Lipinski definition) is 4. The average Bonchev–Trinajstić information content (AvgIpc) is 2.37. The summed E-state index contributed by atoms with van der Waals surface area (Å²) in [6.45, 7) is 0. The van der Waals surface area contributed by atoms with Gasteiger partial charge >= 0.3 is 0 Å². The van der Waals surface area contributed by atoms with E-state index in [0.717, 1.165) is 0 Å². The van der Waals surface area contributed by atoms with Crippen LogP contribution in [0.2, 0.25) is 5.02 Å². The first-order chi connectivity index (χ1) is 8.61. The van der Waals surface area contributed by atoms with Crippen molar-refractivity contribution in [2.75, 3.05) is 12.4 Å². The maximum Gasteiger partial charge on any atom is 0.271 e.